The number of hydrogen-bond acceptors (Lipinski definition) is 7. The highest BCUT2D eigenvalue weighted by molar-refractivity contribution is 7.99. The van der Waals surface area contributed by atoms with Gasteiger partial charge < -0.3 is 19.9 Å². The normalized spacial score (nSPS) is 13.7. The van der Waals surface area contributed by atoms with Crippen LogP contribution < -0.4 is 15.1 Å². The van der Waals surface area contributed by atoms with Gasteiger partial charge in [0.05, 0.1) is 24.7 Å². The predicted molar refractivity (Wildman–Crippen MR) is 132 cm³/mol. The fraction of sp³-hybridized carbons (Fsp3) is 0.375. The van der Waals surface area contributed by atoms with E-state index in [-0.39, 0.29) is 5.91 Å². The van der Waals surface area contributed by atoms with Crippen LogP contribution in [0.5, 0.6) is 0 Å². The molecule has 1 saturated heterocycles. The Kier molecular flexibility index (Phi) is 8.21. The number of anilines is 2. The Morgan fingerprint density at radius 1 is 1.06 bits per heavy atom. The summed E-state index contributed by atoms with van der Waals surface area (Å²) in [5, 5.41) is 12.6. The summed E-state index contributed by atoms with van der Waals surface area (Å²) in [5.41, 5.74) is 2.16. The van der Waals surface area contributed by atoms with Gasteiger partial charge in [-0.25, -0.2) is 0 Å². The van der Waals surface area contributed by atoms with Gasteiger partial charge in [-0.3, -0.25) is 9.36 Å². The lowest BCUT2D eigenvalue weighted by atomic mass is 10.3. The standard InChI is InChI=1S/C24H30N6O2S/c1-28(20-9-4-2-5-10-20)14-8-13-25-22(31)19-33-24-27-26-23(29-15-17-32-18-16-29)30(24)21-11-6-3-7-12-21/h2-7,9-12H,8,13-19H2,1H3,(H,25,31). The van der Waals surface area contributed by atoms with Crippen molar-refractivity contribution in [3.8, 4) is 5.69 Å². The molecule has 0 unspecified atom stereocenters. The van der Waals surface area contributed by atoms with Crippen LogP contribution >= 0.6 is 11.8 Å². The van der Waals surface area contributed by atoms with Crippen molar-refractivity contribution >= 4 is 29.3 Å². The Hall–Kier alpha value is -3.04. The lowest BCUT2D eigenvalue weighted by Crippen LogP contribution is -2.37. The molecule has 1 N–H and O–H groups in total. The number of ether oxygens (including phenoxy) is 1. The molecule has 0 atom stereocenters. The predicted octanol–water partition coefficient (Wildman–Crippen LogP) is 2.84. The second kappa shape index (κ2) is 11.7. The molecule has 0 radical (unpaired) electrons. The Bertz CT molecular complexity index is 1010. The largest absolute Gasteiger partial charge is 0.378 e. The molecular formula is C24H30N6O2S. The van der Waals surface area contributed by atoms with Gasteiger partial charge in [0.2, 0.25) is 11.9 Å². The average Bonchev–Trinajstić information content (AvgIpc) is 3.31. The van der Waals surface area contributed by atoms with Crippen LogP contribution in [0.3, 0.4) is 0 Å². The van der Waals surface area contributed by atoms with E-state index in [1.54, 1.807) is 0 Å². The van der Waals surface area contributed by atoms with Gasteiger partial charge in [0.1, 0.15) is 0 Å². The van der Waals surface area contributed by atoms with E-state index in [1.807, 2.05) is 53.1 Å². The van der Waals surface area contributed by atoms with E-state index in [2.05, 4.69) is 44.5 Å². The minimum absolute atomic E-state index is 0.00195. The molecule has 8 nitrogen and oxygen atoms in total. The maximum absolute atomic E-state index is 12.5. The number of aromatic nitrogens is 3. The number of rotatable bonds is 10. The van der Waals surface area contributed by atoms with Crippen molar-refractivity contribution in [2.45, 2.75) is 11.6 Å². The third kappa shape index (κ3) is 6.27. The summed E-state index contributed by atoms with van der Waals surface area (Å²) in [7, 11) is 2.06. The summed E-state index contributed by atoms with van der Waals surface area (Å²) < 4.78 is 7.50. The highest BCUT2D eigenvalue weighted by atomic mass is 32.2. The molecule has 1 amide bonds. The third-order valence-electron chi connectivity index (χ3n) is 5.45. The van der Waals surface area contributed by atoms with Crippen molar-refractivity contribution in [1.82, 2.24) is 20.1 Å². The van der Waals surface area contributed by atoms with Crippen LogP contribution in [-0.2, 0) is 9.53 Å². The Morgan fingerprint density at radius 3 is 2.48 bits per heavy atom. The molecule has 2 aromatic carbocycles. The van der Waals surface area contributed by atoms with E-state index in [0.29, 0.717) is 30.7 Å². The number of thioether (sulfide) groups is 1. The second-order valence-corrected chi connectivity index (χ2v) is 8.74. The zero-order chi connectivity index (χ0) is 22.9. The number of hydrogen-bond donors (Lipinski definition) is 1. The first-order chi connectivity index (χ1) is 16.2. The summed E-state index contributed by atoms with van der Waals surface area (Å²) in [4.78, 5) is 16.8. The van der Waals surface area contributed by atoms with E-state index in [0.717, 1.165) is 37.7 Å². The van der Waals surface area contributed by atoms with Crippen LogP contribution in [-0.4, -0.2) is 72.9 Å². The molecular weight excluding hydrogens is 436 g/mol. The van der Waals surface area contributed by atoms with E-state index < -0.39 is 0 Å². The number of benzene rings is 2. The molecule has 1 fully saturated rings. The quantitative estimate of drug-likeness (QED) is 0.364. The molecule has 2 heterocycles. The van der Waals surface area contributed by atoms with Gasteiger partial charge in [-0.05, 0) is 30.7 Å². The molecule has 1 aliphatic heterocycles. The van der Waals surface area contributed by atoms with Crippen LogP contribution in [0.4, 0.5) is 11.6 Å². The first-order valence-electron chi connectivity index (χ1n) is 11.2. The van der Waals surface area contributed by atoms with Gasteiger partial charge in [-0.15, -0.1) is 10.2 Å². The van der Waals surface area contributed by atoms with Crippen LogP contribution in [0.2, 0.25) is 0 Å². The van der Waals surface area contributed by atoms with Crippen LogP contribution in [0, 0.1) is 0 Å². The number of morpholine rings is 1. The fourth-order valence-corrected chi connectivity index (χ4v) is 4.44. The van der Waals surface area contributed by atoms with Gasteiger partial charge in [0.15, 0.2) is 5.16 Å². The number of carbonyl (C=O) groups excluding carboxylic acids is 1. The number of nitrogens with one attached hydrogen (secondary N) is 1. The number of para-hydroxylation sites is 2. The van der Waals surface area contributed by atoms with E-state index >= 15 is 0 Å². The summed E-state index contributed by atoms with van der Waals surface area (Å²) >= 11 is 1.41. The first kappa shape index (κ1) is 23.1. The second-order valence-electron chi connectivity index (χ2n) is 7.80. The average molecular weight is 467 g/mol. The minimum atomic E-state index is -0.00195. The van der Waals surface area contributed by atoms with Crippen molar-refractivity contribution in [3.05, 3.63) is 60.7 Å². The SMILES string of the molecule is CN(CCCNC(=O)CSc1nnc(N2CCOCC2)n1-c1ccccc1)c1ccccc1. The van der Waals surface area contributed by atoms with Crippen molar-refractivity contribution in [3.63, 3.8) is 0 Å². The third-order valence-corrected chi connectivity index (χ3v) is 6.38. The zero-order valence-corrected chi connectivity index (χ0v) is 19.7. The molecule has 0 saturated carbocycles. The maximum atomic E-state index is 12.5. The van der Waals surface area contributed by atoms with Gasteiger partial charge in [-0.2, -0.15) is 0 Å². The lowest BCUT2D eigenvalue weighted by Gasteiger charge is -2.27. The molecule has 3 aromatic rings. The van der Waals surface area contributed by atoms with Crippen molar-refractivity contribution in [2.24, 2.45) is 0 Å². The van der Waals surface area contributed by atoms with Crippen molar-refractivity contribution < 1.29 is 9.53 Å². The Morgan fingerprint density at radius 2 is 1.76 bits per heavy atom. The highest BCUT2D eigenvalue weighted by Gasteiger charge is 2.22. The lowest BCUT2D eigenvalue weighted by molar-refractivity contribution is -0.118. The zero-order valence-electron chi connectivity index (χ0n) is 18.9. The molecule has 1 aromatic heterocycles. The van der Waals surface area contributed by atoms with E-state index in [9.17, 15) is 4.79 Å². The molecule has 0 aliphatic carbocycles. The van der Waals surface area contributed by atoms with Gasteiger partial charge in [-0.1, -0.05) is 48.2 Å². The molecule has 0 spiro atoms. The molecule has 4 rings (SSSR count). The molecule has 174 valence electrons. The molecule has 33 heavy (non-hydrogen) atoms. The van der Waals surface area contributed by atoms with Crippen LogP contribution in [0.15, 0.2) is 65.8 Å². The van der Waals surface area contributed by atoms with E-state index in [4.69, 9.17) is 4.74 Å². The summed E-state index contributed by atoms with van der Waals surface area (Å²) in [6.45, 7) is 4.41. The summed E-state index contributed by atoms with van der Waals surface area (Å²) in [5.74, 6) is 1.08. The Balaban J connectivity index is 1.31. The monoisotopic (exact) mass is 466 g/mol. The maximum Gasteiger partial charge on any atom is 0.232 e. The van der Waals surface area contributed by atoms with Crippen LogP contribution in [0.1, 0.15) is 6.42 Å². The highest BCUT2D eigenvalue weighted by Crippen LogP contribution is 2.27. The number of amides is 1. The van der Waals surface area contributed by atoms with Crippen molar-refractivity contribution in [1.29, 1.82) is 0 Å². The van der Waals surface area contributed by atoms with Gasteiger partial charge in [0.25, 0.3) is 0 Å². The smallest absolute Gasteiger partial charge is 0.232 e. The Labute approximate surface area is 198 Å². The molecule has 1 aliphatic rings. The topological polar surface area (TPSA) is 75.5 Å². The number of carbonyl (C=O) groups is 1. The summed E-state index contributed by atoms with van der Waals surface area (Å²) in [6, 6.07) is 20.3. The fourth-order valence-electron chi connectivity index (χ4n) is 3.66. The van der Waals surface area contributed by atoms with Crippen molar-refractivity contribution in [2.75, 3.05) is 62.0 Å². The van der Waals surface area contributed by atoms with Crippen LogP contribution in [0.25, 0.3) is 5.69 Å². The first-order valence-corrected chi connectivity index (χ1v) is 12.2. The van der Waals surface area contributed by atoms with Gasteiger partial charge >= 0.3 is 0 Å². The summed E-state index contributed by atoms with van der Waals surface area (Å²) in [6.07, 6.45) is 0.878. The minimum Gasteiger partial charge on any atom is -0.378 e. The molecule has 0 bridgehead atoms. The number of nitrogens with zero attached hydrogens (tertiary/aromatic N) is 5. The van der Waals surface area contributed by atoms with Gasteiger partial charge in [0, 0.05) is 38.9 Å². The molecule has 9 heteroatoms. The van der Waals surface area contributed by atoms with E-state index in [1.165, 1.54) is 17.4 Å².